The smallest absolute Gasteiger partial charge is 0.237 e. The lowest BCUT2D eigenvalue weighted by molar-refractivity contribution is -0.123. The van der Waals surface area contributed by atoms with Crippen LogP contribution in [0.25, 0.3) is 0 Å². The minimum atomic E-state index is -0.0539. The zero-order valence-electron chi connectivity index (χ0n) is 14.4. The predicted molar refractivity (Wildman–Crippen MR) is 91.6 cm³/mol. The highest BCUT2D eigenvalue weighted by atomic mass is 16.5. The fraction of sp³-hybridized carbons (Fsp3) is 0.632. The summed E-state index contributed by atoms with van der Waals surface area (Å²) in [4.78, 5) is 12.6. The van der Waals surface area contributed by atoms with Gasteiger partial charge in [0.25, 0.3) is 0 Å². The Morgan fingerprint density at radius 3 is 2.87 bits per heavy atom. The van der Waals surface area contributed by atoms with Gasteiger partial charge >= 0.3 is 0 Å². The van der Waals surface area contributed by atoms with Crippen LogP contribution in [-0.2, 0) is 4.79 Å². The molecule has 1 heterocycles. The molecule has 0 spiro atoms. The van der Waals surface area contributed by atoms with E-state index >= 15 is 0 Å². The average molecular weight is 316 g/mol. The molecule has 2 fully saturated rings. The molecule has 4 heteroatoms. The largest absolute Gasteiger partial charge is 0.496 e. The van der Waals surface area contributed by atoms with Crippen molar-refractivity contribution in [3.05, 3.63) is 29.3 Å². The Balaban J connectivity index is 1.65. The van der Waals surface area contributed by atoms with Gasteiger partial charge in [-0.2, -0.15) is 0 Å². The number of methoxy groups -OCH3 is 1. The van der Waals surface area contributed by atoms with Crippen LogP contribution in [0.5, 0.6) is 5.75 Å². The molecule has 4 nitrogen and oxygen atoms in total. The number of ether oxygens (including phenoxy) is 1. The molecule has 1 saturated carbocycles. The van der Waals surface area contributed by atoms with Crippen LogP contribution in [0.2, 0.25) is 0 Å². The van der Waals surface area contributed by atoms with E-state index in [0.717, 1.165) is 17.7 Å². The Kier molecular flexibility index (Phi) is 4.90. The highest BCUT2D eigenvalue weighted by Crippen LogP contribution is 2.33. The summed E-state index contributed by atoms with van der Waals surface area (Å²) in [7, 11) is 1.67. The van der Waals surface area contributed by atoms with E-state index in [9.17, 15) is 4.79 Å². The van der Waals surface area contributed by atoms with E-state index in [0.29, 0.717) is 12.0 Å². The summed E-state index contributed by atoms with van der Waals surface area (Å²) in [6.45, 7) is 4.08. The Morgan fingerprint density at radius 2 is 2.13 bits per heavy atom. The second-order valence-electron chi connectivity index (χ2n) is 7.08. The predicted octanol–water partition coefficient (Wildman–Crippen LogP) is 3.10. The van der Waals surface area contributed by atoms with E-state index in [2.05, 4.69) is 23.6 Å². The number of amides is 1. The third kappa shape index (κ3) is 3.52. The molecule has 2 aliphatic rings. The molecule has 2 N–H and O–H groups in total. The van der Waals surface area contributed by atoms with Gasteiger partial charge < -0.3 is 15.4 Å². The normalized spacial score (nSPS) is 28.0. The minimum Gasteiger partial charge on any atom is -0.496 e. The van der Waals surface area contributed by atoms with Crippen LogP contribution >= 0.6 is 0 Å². The van der Waals surface area contributed by atoms with Crippen LogP contribution in [-0.4, -0.2) is 25.1 Å². The lowest BCUT2D eigenvalue weighted by Crippen LogP contribution is -2.43. The van der Waals surface area contributed by atoms with Gasteiger partial charge in [-0.1, -0.05) is 30.5 Å². The van der Waals surface area contributed by atoms with Gasteiger partial charge in [-0.15, -0.1) is 0 Å². The quantitative estimate of drug-likeness (QED) is 0.897. The number of carbonyl (C=O) groups excluding carboxylic acids is 1. The van der Waals surface area contributed by atoms with Crippen molar-refractivity contribution in [2.24, 2.45) is 5.92 Å². The monoisotopic (exact) mass is 316 g/mol. The van der Waals surface area contributed by atoms with E-state index in [1.54, 1.807) is 7.11 Å². The number of hydrogen-bond donors (Lipinski definition) is 2. The molecule has 1 saturated heterocycles. The number of nitrogens with one attached hydrogen (secondary N) is 2. The number of fused-ring (bicyclic) bond motifs is 1. The standard InChI is InChI=1S/C19H28N2O2/c1-12-8-9-18(23-3)15(10-12)13(2)20-19(22)17-11-14-6-4-5-7-16(14)21-17/h8-10,13-14,16-17,21H,4-7,11H2,1-3H3,(H,20,22). The van der Waals surface area contributed by atoms with Crippen molar-refractivity contribution in [2.75, 3.05) is 7.11 Å². The number of hydrogen-bond acceptors (Lipinski definition) is 3. The number of rotatable bonds is 4. The number of carbonyl (C=O) groups is 1. The van der Waals surface area contributed by atoms with E-state index in [-0.39, 0.29) is 18.0 Å². The topological polar surface area (TPSA) is 50.4 Å². The second-order valence-corrected chi connectivity index (χ2v) is 7.08. The highest BCUT2D eigenvalue weighted by Gasteiger charge is 2.38. The van der Waals surface area contributed by atoms with E-state index in [4.69, 9.17) is 4.74 Å². The van der Waals surface area contributed by atoms with Gasteiger partial charge in [0.15, 0.2) is 0 Å². The van der Waals surface area contributed by atoms with Crippen LogP contribution in [0.15, 0.2) is 18.2 Å². The van der Waals surface area contributed by atoms with E-state index in [1.165, 1.54) is 31.2 Å². The molecule has 126 valence electrons. The first kappa shape index (κ1) is 16.3. The number of benzene rings is 1. The zero-order valence-corrected chi connectivity index (χ0v) is 14.4. The van der Waals surface area contributed by atoms with Crippen molar-refractivity contribution in [3.63, 3.8) is 0 Å². The van der Waals surface area contributed by atoms with Crippen LogP contribution in [0.4, 0.5) is 0 Å². The fourth-order valence-electron chi connectivity index (χ4n) is 4.11. The molecular weight excluding hydrogens is 288 g/mol. The molecule has 1 amide bonds. The van der Waals surface area contributed by atoms with Gasteiger partial charge in [0, 0.05) is 11.6 Å². The van der Waals surface area contributed by atoms with Crippen molar-refractivity contribution in [1.29, 1.82) is 0 Å². The maximum absolute atomic E-state index is 12.6. The maximum atomic E-state index is 12.6. The lowest BCUT2D eigenvalue weighted by atomic mass is 9.85. The Bertz CT molecular complexity index is 558. The molecule has 3 rings (SSSR count). The molecule has 1 aliphatic carbocycles. The summed E-state index contributed by atoms with van der Waals surface area (Å²) in [6.07, 6.45) is 6.07. The van der Waals surface area contributed by atoms with Gasteiger partial charge in [0.05, 0.1) is 19.2 Å². The molecule has 1 aliphatic heterocycles. The van der Waals surface area contributed by atoms with Gasteiger partial charge in [-0.05, 0) is 45.1 Å². The molecule has 4 atom stereocenters. The molecule has 1 aromatic carbocycles. The first-order chi connectivity index (χ1) is 11.1. The van der Waals surface area contributed by atoms with Crippen molar-refractivity contribution in [2.45, 2.75) is 64.1 Å². The molecule has 0 aromatic heterocycles. The molecule has 0 bridgehead atoms. The summed E-state index contributed by atoms with van der Waals surface area (Å²) >= 11 is 0. The first-order valence-electron chi connectivity index (χ1n) is 8.79. The summed E-state index contributed by atoms with van der Waals surface area (Å²) in [5.41, 5.74) is 2.21. The van der Waals surface area contributed by atoms with Crippen LogP contribution < -0.4 is 15.4 Å². The van der Waals surface area contributed by atoms with Crippen LogP contribution in [0.3, 0.4) is 0 Å². The molecule has 1 aromatic rings. The van der Waals surface area contributed by atoms with E-state index < -0.39 is 0 Å². The Labute approximate surface area is 139 Å². The second kappa shape index (κ2) is 6.91. The van der Waals surface area contributed by atoms with Crippen molar-refractivity contribution in [1.82, 2.24) is 10.6 Å². The van der Waals surface area contributed by atoms with E-state index in [1.807, 2.05) is 19.1 Å². The van der Waals surface area contributed by atoms with Gasteiger partial charge in [0.2, 0.25) is 5.91 Å². The minimum absolute atomic E-state index is 0.0404. The fourth-order valence-corrected chi connectivity index (χ4v) is 4.11. The highest BCUT2D eigenvalue weighted by molar-refractivity contribution is 5.82. The van der Waals surface area contributed by atoms with Crippen LogP contribution in [0.1, 0.15) is 56.2 Å². The summed E-state index contributed by atoms with van der Waals surface area (Å²) in [5.74, 6) is 1.63. The van der Waals surface area contributed by atoms with Gasteiger partial charge in [0.1, 0.15) is 5.75 Å². The molecular formula is C19H28N2O2. The summed E-state index contributed by atoms with van der Waals surface area (Å²) in [5, 5.41) is 6.71. The summed E-state index contributed by atoms with van der Waals surface area (Å²) < 4.78 is 5.44. The third-order valence-corrected chi connectivity index (χ3v) is 5.39. The zero-order chi connectivity index (χ0) is 16.4. The molecule has 23 heavy (non-hydrogen) atoms. The van der Waals surface area contributed by atoms with Crippen LogP contribution in [0, 0.1) is 12.8 Å². The maximum Gasteiger partial charge on any atom is 0.237 e. The third-order valence-electron chi connectivity index (χ3n) is 5.39. The van der Waals surface area contributed by atoms with Gasteiger partial charge in [-0.25, -0.2) is 0 Å². The van der Waals surface area contributed by atoms with Gasteiger partial charge in [-0.3, -0.25) is 4.79 Å². The first-order valence-corrected chi connectivity index (χ1v) is 8.79. The SMILES string of the molecule is COc1ccc(C)cc1C(C)NC(=O)C1CC2CCCCC2N1. The lowest BCUT2D eigenvalue weighted by Gasteiger charge is -2.24. The average Bonchev–Trinajstić information content (AvgIpc) is 2.99. The molecule has 0 radical (unpaired) electrons. The Hall–Kier alpha value is -1.55. The number of aryl methyl sites for hydroxylation is 1. The Morgan fingerprint density at radius 1 is 1.35 bits per heavy atom. The van der Waals surface area contributed by atoms with Crippen molar-refractivity contribution < 1.29 is 9.53 Å². The summed E-state index contributed by atoms with van der Waals surface area (Å²) in [6, 6.07) is 6.54. The van der Waals surface area contributed by atoms with Crippen molar-refractivity contribution >= 4 is 5.91 Å². The van der Waals surface area contributed by atoms with Crippen molar-refractivity contribution in [3.8, 4) is 5.75 Å². The molecule has 4 unspecified atom stereocenters.